The second-order valence-electron chi connectivity index (χ2n) is 9.77. The van der Waals surface area contributed by atoms with Crippen LogP contribution in [0.4, 0.5) is 11.4 Å². The smallest absolute Gasteiger partial charge is 0.309 e. The number of rotatable bonds is 9. The van der Waals surface area contributed by atoms with Crippen molar-refractivity contribution in [3.63, 3.8) is 0 Å². The first kappa shape index (κ1) is 27.9. The van der Waals surface area contributed by atoms with E-state index in [0.29, 0.717) is 24.2 Å². The molecule has 2 aromatic carbocycles. The number of methoxy groups -OCH3 is 2. The Labute approximate surface area is 208 Å². The molecule has 2 rings (SSSR count). The number of nitrogens with zero attached hydrogens (tertiary/aromatic N) is 1. The van der Waals surface area contributed by atoms with E-state index in [1.165, 1.54) is 12.0 Å². The quantitative estimate of drug-likeness (QED) is 0.503. The lowest BCUT2D eigenvalue weighted by atomic mass is 9.85. The van der Waals surface area contributed by atoms with Gasteiger partial charge in [0.15, 0.2) is 0 Å². The fourth-order valence-corrected chi connectivity index (χ4v) is 4.11. The second kappa shape index (κ2) is 11.9. The Bertz CT molecular complexity index is 1060. The first-order valence-corrected chi connectivity index (χ1v) is 11.9. The maximum atomic E-state index is 13.2. The molecule has 1 N–H and O–H groups in total. The van der Waals surface area contributed by atoms with E-state index in [0.717, 1.165) is 28.0 Å². The summed E-state index contributed by atoms with van der Waals surface area (Å²) in [4.78, 5) is 39.5. The fraction of sp³-hybridized carbons (Fsp3) is 0.464. The lowest BCUT2D eigenvalue weighted by Gasteiger charge is -2.26. The van der Waals surface area contributed by atoms with E-state index in [4.69, 9.17) is 9.47 Å². The van der Waals surface area contributed by atoms with Gasteiger partial charge in [0.05, 0.1) is 20.6 Å². The van der Waals surface area contributed by atoms with Gasteiger partial charge in [-0.15, -0.1) is 0 Å². The van der Waals surface area contributed by atoms with Crippen molar-refractivity contribution in [2.75, 3.05) is 31.0 Å². The molecule has 190 valence electrons. The maximum Gasteiger partial charge on any atom is 0.309 e. The number of hydrogen-bond donors (Lipinski definition) is 1. The summed E-state index contributed by atoms with van der Waals surface area (Å²) in [5.41, 5.74) is 4.49. The van der Waals surface area contributed by atoms with Crippen LogP contribution in [0.3, 0.4) is 0 Å². The summed E-state index contributed by atoms with van der Waals surface area (Å²) in [6.07, 6.45) is 1.11. The monoisotopic (exact) mass is 482 g/mol. The van der Waals surface area contributed by atoms with Gasteiger partial charge in [-0.3, -0.25) is 14.4 Å². The summed E-state index contributed by atoms with van der Waals surface area (Å²) >= 11 is 0. The minimum absolute atomic E-state index is 0.106. The van der Waals surface area contributed by atoms with Crippen LogP contribution in [0.25, 0.3) is 0 Å². The average Bonchev–Trinajstić information content (AvgIpc) is 2.76. The summed E-state index contributed by atoms with van der Waals surface area (Å²) in [6, 6.07) is 9.32. The Hall–Kier alpha value is -3.35. The van der Waals surface area contributed by atoms with Crippen LogP contribution in [0, 0.1) is 13.8 Å². The number of benzene rings is 2. The predicted octanol–water partition coefficient (Wildman–Crippen LogP) is 5.10. The minimum Gasteiger partial charge on any atom is -0.496 e. The molecule has 2 aromatic rings. The molecule has 0 aromatic heterocycles. The van der Waals surface area contributed by atoms with Gasteiger partial charge >= 0.3 is 5.97 Å². The van der Waals surface area contributed by atoms with Crippen LogP contribution in [-0.2, 0) is 31.0 Å². The number of esters is 1. The number of amides is 2. The van der Waals surface area contributed by atoms with Gasteiger partial charge in [-0.1, -0.05) is 39.8 Å². The first-order valence-electron chi connectivity index (χ1n) is 11.9. The molecular weight excluding hydrogens is 444 g/mol. The van der Waals surface area contributed by atoms with E-state index in [1.54, 1.807) is 13.2 Å². The van der Waals surface area contributed by atoms with E-state index in [1.807, 2.05) is 45.0 Å². The molecule has 0 heterocycles. The molecule has 0 atom stereocenters. The van der Waals surface area contributed by atoms with E-state index in [2.05, 4.69) is 26.1 Å². The van der Waals surface area contributed by atoms with Crippen molar-refractivity contribution in [1.29, 1.82) is 0 Å². The Morgan fingerprint density at radius 2 is 1.63 bits per heavy atom. The third-order valence-corrected chi connectivity index (χ3v) is 5.77. The van der Waals surface area contributed by atoms with Gasteiger partial charge in [0.2, 0.25) is 11.8 Å². The van der Waals surface area contributed by atoms with Crippen molar-refractivity contribution < 1.29 is 23.9 Å². The van der Waals surface area contributed by atoms with Crippen molar-refractivity contribution in [1.82, 2.24) is 0 Å². The molecule has 0 fully saturated rings. The van der Waals surface area contributed by atoms with Gasteiger partial charge in [-0.05, 0) is 66.1 Å². The van der Waals surface area contributed by atoms with Crippen LogP contribution < -0.4 is 15.0 Å². The van der Waals surface area contributed by atoms with Gasteiger partial charge in [0.25, 0.3) is 0 Å². The molecule has 0 spiro atoms. The third-order valence-electron chi connectivity index (χ3n) is 5.77. The average molecular weight is 483 g/mol. The third kappa shape index (κ3) is 7.31. The molecule has 7 nitrogen and oxygen atoms in total. The number of hydrogen-bond acceptors (Lipinski definition) is 5. The lowest BCUT2D eigenvalue weighted by Crippen LogP contribution is -2.38. The Balaban J connectivity index is 2.40. The highest BCUT2D eigenvalue weighted by Crippen LogP contribution is 2.32. The van der Waals surface area contributed by atoms with E-state index < -0.39 is 0 Å². The van der Waals surface area contributed by atoms with Crippen LogP contribution in [0.1, 0.15) is 62.8 Å². The molecule has 0 saturated carbocycles. The first-order chi connectivity index (χ1) is 16.4. The van der Waals surface area contributed by atoms with Crippen LogP contribution in [0.15, 0.2) is 30.3 Å². The summed E-state index contributed by atoms with van der Waals surface area (Å²) in [5.74, 6) is -0.0332. The highest BCUT2D eigenvalue weighted by atomic mass is 16.5. The van der Waals surface area contributed by atoms with E-state index in [-0.39, 0.29) is 36.2 Å². The Morgan fingerprint density at radius 3 is 2.14 bits per heavy atom. The summed E-state index contributed by atoms with van der Waals surface area (Å²) < 4.78 is 10.2. The zero-order chi connectivity index (χ0) is 26.3. The van der Waals surface area contributed by atoms with Gasteiger partial charge in [0, 0.05) is 17.8 Å². The number of nitrogens with one attached hydrogen (secondary N) is 1. The number of anilines is 2. The Morgan fingerprint density at radius 1 is 1.00 bits per heavy atom. The lowest BCUT2D eigenvalue weighted by molar-refractivity contribution is -0.139. The van der Waals surface area contributed by atoms with Gasteiger partial charge < -0.3 is 19.7 Å². The van der Waals surface area contributed by atoms with Gasteiger partial charge in [0.1, 0.15) is 12.3 Å². The molecule has 0 aliphatic carbocycles. The van der Waals surface area contributed by atoms with Crippen LogP contribution in [-0.4, -0.2) is 38.5 Å². The van der Waals surface area contributed by atoms with E-state index >= 15 is 0 Å². The zero-order valence-corrected chi connectivity index (χ0v) is 22.2. The van der Waals surface area contributed by atoms with Crippen molar-refractivity contribution in [2.24, 2.45) is 0 Å². The Kier molecular flexibility index (Phi) is 9.46. The summed E-state index contributed by atoms with van der Waals surface area (Å²) in [5, 5.41) is 2.99. The molecule has 0 saturated heterocycles. The van der Waals surface area contributed by atoms with Crippen molar-refractivity contribution in [2.45, 2.75) is 66.2 Å². The van der Waals surface area contributed by atoms with Crippen LogP contribution in [0.5, 0.6) is 5.75 Å². The molecule has 0 aliphatic heterocycles. The molecule has 0 bridgehead atoms. The molecule has 7 heteroatoms. The molecular formula is C28H38N2O5. The van der Waals surface area contributed by atoms with Crippen molar-refractivity contribution in [3.8, 4) is 5.75 Å². The molecule has 35 heavy (non-hydrogen) atoms. The van der Waals surface area contributed by atoms with Crippen LogP contribution in [0.2, 0.25) is 0 Å². The topological polar surface area (TPSA) is 84.9 Å². The highest BCUT2D eigenvalue weighted by molar-refractivity contribution is 6.03. The van der Waals surface area contributed by atoms with Gasteiger partial charge in [-0.2, -0.15) is 0 Å². The standard InChI is InChI=1S/C28H38N2O5/c1-9-10-25(32)30(21-13-18(2)27(35-8)19(3)14-21)17-24(31)29-23-15-20(16-26(33)34-7)11-12-22(23)28(4,5)6/h11-15H,9-10,16-17H2,1-8H3,(H,29,31). The number of ether oxygens (including phenoxy) is 2. The zero-order valence-electron chi connectivity index (χ0n) is 22.2. The minimum atomic E-state index is -0.354. The maximum absolute atomic E-state index is 13.2. The van der Waals surface area contributed by atoms with Crippen molar-refractivity contribution in [3.05, 3.63) is 52.6 Å². The summed E-state index contributed by atoms with van der Waals surface area (Å²) in [7, 11) is 2.96. The molecule has 0 aliphatic rings. The predicted molar refractivity (Wildman–Crippen MR) is 139 cm³/mol. The molecule has 2 amide bonds. The SMILES string of the molecule is CCCC(=O)N(CC(=O)Nc1cc(CC(=O)OC)ccc1C(C)(C)C)c1cc(C)c(OC)c(C)c1. The number of carbonyl (C=O) groups excluding carboxylic acids is 3. The number of carbonyl (C=O) groups is 3. The second-order valence-corrected chi connectivity index (χ2v) is 9.77. The fourth-order valence-electron chi connectivity index (χ4n) is 4.11. The largest absolute Gasteiger partial charge is 0.496 e. The van der Waals surface area contributed by atoms with Gasteiger partial charge in [-0.25, -0.2) is 0 Å². The summed E-state index contributed by atoms with van der Waals surface area (Å²) in [6.45, 7) is 11.8. The normalized spacial score (nSPS) is 11.1. The molecule has 0 unspecified atom stereocenters. The molecule has 0 radical (unpaired) electrons. The van der Waals surface area contributed by atoms with Crippen molar-refractivity contribution >= 4 is 29.2 Å². The highest BCUT2D eigenvalue weighted by Gasteiger charge is 2.23. The van der Waals surface area contributed by atoms with E-state index in [9.17, 15) is 14.4 Å². The van der Waals surface area contributed by atoms with Crippen LogP contribution >= 0.6 is 0 Å². The number of aryl methyl sites for hydroxylation is 2.